The first kappa shape index (κ1) is 10.9. The molecule has 0 aliphatic heterocycles. The van der Waals surface area contributed by atoms with Crippen LogP contribution < -0.4 is 5.32 Å². The molecule has 2 fully saturated rings. The second kappa shape index (κ2) is 3.78. The third-order valence-electron chi connectivity index (χ3n) is 3.67. The molecule has 3 heteroatoms. The summed E-state index contributed by atoms with van der Waals surface area (Å²) >= 11 is 0. The Hall–Kier alpha value is -0.570. The molecular formula is C12H21NO2. The van der Waals surface area contributed by atoms with Crippen LogP contribution in [0, 0.1) is 11.8 Å². The Bertz CT molecular complexity index is 245. The van der Waals surface area contributed by atoms with Crippen molar-refractivity contribution in [2.24, 2.45) is 11.8 Å². The van der Waals surface area contributed by atoms with E-state index in [9.17, 15) is 9.90 Å². The van der Waals surface area contributed by atoms with Crippen LogP contribution in [0.25, 0.3) is 0 Å². The van der Waals surface area contributed by atoms with Crippen LogP contribution in [0.4, 0.5) is 0 Å². The van der Waals surface area contributed by atoms with Gasteiger partial charge in [0.2, 0.25) is 0 Å². The van der Waals surface area contributed by atoms with Crippen LogP contribution >= 0.6 is 0 Å². The van der Waals surface area contributed by atoms with Gasteiger partial charge in [0.1, 0.15) is 5.54 Å². The number of hydrogen-bond donors (Lipinski definition) is 2. The van der Waals surface area contributed by atoms with Crippen molar-refractivity contribution in [3.63, 3.8) is 0 Å². The average Bonchev–Trinajstić information content (AvgIpc) is 2.85. The van der Waals surface area contributed by atoms with E-state index >= 15 is 0 Å². The lowest BCUT2D eigenvalue weighted by Gasteiger charge is -2.40. The monoisotopic (exact) mass is 211 g/mol. The van der Waals surface area contributed by atoms with Crippen molar-refractivity contribution in [3.8, 4) is 0 Å². The molecule has 0 aromatic carbocycles. The fourth-order valence-electron chi connectivity index (χ4n) is 3.10. The smallest absolute Gasteiger partial charge is 0.323 e. The largest absolute Gasteiger partial charge is 0.480 e. The zero-order valence-corrected chi connectivity index (χ0v) is 9.62. The van der Waals surface area contributed by atoms with Crippen molar-refractivity contribution in [3.05, 3.63) is 0 Å². The van der Waals surface area contributed by atoms with Crippen molar-refractivity contribution >= 4 is 5.97 Å². The summed E-state index contributed by atoms with van der Waals surface area (Å²) in [5.74, 6) is 0.403. The Morgan fingerprint density at radius 3 is 2.20 bits per heavy atom. The van der Waals surface area contributed by atoms with Gasteiger partial charge < -0.3 is 5.11 Å². The van der Waals surface area contributed by atoms with Gasteiger partial charge in [0.05, 0.1) is 0 Å². The molecule has 0 radical (unpaired) electrons. The quantitative estimate of drug-likeness (QED) is 0.751. The van der Waals surface area contributed by atoms with Crippen LogP contribution in [-0.2, 0) is 4.79 Å². The van der Waals surface area contributed by atoms with E-state index in [2.05, 4.69) is 19.2 Å². The first-order valence-corrected chi connectivity index (χ1v) is 6.03. The SMILES string of the molecule is CC1CC(C)CC(NC2CC2)(C(=O)O)C1. The molecule has 0 bridgehead atoms. The summed E-state index contributed by atoms with van der Waals surface area (Å²) < 4.78 is 0. The predicted octanol–water partition coefficient (Wildman–Crippen LogP) is 2.02. The molecule has 86 valence electrons. The van der Waals surface area contributed by atoms with Gasteiger partial charge in [-0.25, -0.2) is 0 Å². The molecule has 0 saturated heterocycles. The van der Waals surface area contributed by atoms with E-state index in [-0.39, 0.29) is 0 Å². The minimum atomic E-state index is -0.646. The van der Waals surface area contributed by atoms with Crippen molar-refractivity contribution in [2.45, 2.75) is 57.5 Å². The van der Waals surface area contributed by atoms with Crippen LogP contribution in [0.2, 0.25) is 0 Å². The minimum Gasteiger partial charge on any atom is -0.480 e. The van der Waals surface area contributed by atoms with Gasteiger partial charge in [-0.15, -0.1) is 0 Å². The molecule has 2 unspecified atom stereocenters. The lowest BCUT2D eigenvalue weighted by Crippen LogP contribution is -2.56. The highest BCUT2D eigenvalue weighted by molar-refractivity contribution is 5.79. The maximum absolute atomic E-state index is 11.5. The summed E-state index contributed by atoms with van der Waals surface area (Å²) in [6.45, 7) is 4.34. The first-order valence-electron chi connectivity index (χ1n) is 6.03. The number of carboxylic acid groups (broad SMARTS) is 1. The molecule has 0 aromatic rings. The topological polar surface area (TPSA) is 49.3 Å². The number of rotatable bonds is 3. The highest BCUT2D eigenvalue weighted by atomic mass is 16.4. The molecule has 15 heavy (non-hydrogen) atoms. The number of aliphatic carboxylic acids is 1. The fraction of sp³-hybridized carbons (Fsp3) is 0.917. The Balaban J connectivity index is 2.11. The zero-order valence-electron chi connectivity index (χ0n) is 9.62. The number of carbonyl (C=O) groups is 1. The van der Waals surface area contributed by atoms with Gasteiger partial charge in [-0.05, 0) is 43.9 Å². The van der Waals surface area contributed by atoms with E-state index < -0.39 is 11.5 Å². The molecule has 0 amide bonds. The average molecular weight is 211 g/mol. The molecule has 2 saturated carbocycles. The lowest BCUT2D eigenvalue weighted by molar-refractivity contribution is -0.148. The van der Waals surface area contributed by atoms with E-state index in [4.69, 9.17) is 0 Å². The second-order valence-corrected chi connectivity index (χ2v) is 5.66. The first-order chi connectivity index (χ1) is 7.02. The second-order valence-electron chi connectivity index (χ2n) is 5.66. The summed E-state index contributed by atoms with van der Waals surface area (Å²) in [4.78, 5) is 11.5. The van der Waals surface area contributed by atoms with Crippen LogP contribution in [0.5, 0.6) is 0 Å². The Kier molecular flexibility index (Phi) is 2.75. The van der Waals surface area contributed by atoms with Crippen molar-refractivity contribution < 1.29 is 9.90 Å². The third kappa shape index (κ3) is 2.33. The summed E-state index contributed by atoms with van der Waals surface area (Å²) in [5.41, 5.74) is -0.627. The van der Waals surface area contributed by atoms with E-state index in [0.717, 1.165) is 25.7 Å². The molecule has 0 spiro atoms. The van der Waals surface area contributed by atoms with Gasteiger partial charge in [0, 0.05) is 6.04 Å². The normalized spacial score (nSPS) is 41.5. The lowest BCUT2D eigenvalue weighted by atomic mass is 9.71. The maximum atomic E-state index is 11.5. The van der Waals surface area contributed by atoms with Gasteiger partial charge in [-0.3, -0.25) is 10.1 Å². The predicted molar refractivity (Wildman–Crippen MR) is 58.7 cm³/mol. The van der Waals surface area contributed by atoms with Gasteiger partial charge >= 0.3 is 5.97 Å². The van der Waals surface area contributed by atoms with Crippen molar-refractivity contribution in [1.82, 2.24) is 5.32 Å². The molecule has 2 rings (SSSR count). The standard InChI is InChI=1S/C12H21NO2/c1-8-5-9(2)7-12(6-8,11(14)15)13-10-3-4-10/h8-10,13H,3-7H2,1-2H3,(H,14,15). The summed E-state index contributed by atoms with van der Waals surface area (Å²) in [5, 5.41) is 12.8. The third-order valence-corrected chi connectivity index (χ3v) is 3.67. The van der Waals surface area contributed by atoms with Gasteiger partial charge in [0.25, 0.3) is 0 Å². The van der Waals surface area contributed by atoms with Crippen LogP contribution in [-0.4, -0.2) is 22.7 Å². The van der Waals surface area contributed by atoms with Crippen molar-refractivity contribution in [1.29, 1.82) is 0 Å². The van der Waals surface area contributed by atoms with Gasteiger partial charge in [-0.1, -0.05) is 13.8 Å². The summed E-state index contributed by atoms with van der Waals surface area (Å²) in [7, 11) is 0. The van der Waals surface area contributed by atoms with Crippen LogP contribution in [0.15, 0.2) is 0 Å². The molecule has 2 aliphatic rings. The van der Waals surface area contributed by atoms with E-state index in [1.165, 1.54) is 6.42 Å². The Labute approximate surface area is 91.2 Å². The molecular weight excluding hydrogens is 190 g/mol. The van der Waals surface area contributed by atoms with Gasteiger partial charge in [0.15, 0.2) is 0 Å². The summed E-state index contributed by atoms with van der Waals surface area (Å²) in [6.07, 6.45) is 5.06. The molecule has 0 aromatic heterocycles. The summed E-state index contributed by atoms with van der Waals surface area (Å²) in [6, 6.07) is 0.471. The highest BCUT2D eigenvalue weighted by Crippen LogP contribution is 2.38. The van der Waals surface area contributed by atoms with Gasteiger partial charge in [-0.2, -0.15) is 0 Å². The highest BCUT2D eigenvalue weighted by Gasteiger charge is 2.46. The zero-order chi connectivity index (χ0) is 11.1. The molecule has 0 heterocycles. The molecule has 2 aliphatic carbocycles. The number of nitrogens with one attached hydrogen (secondary N) is 1. The van der Waals surface area contributed by atoms with E-state index in [1.54, 1.807) is 0 Å². The molecule has 3 nitrogen and oxygen atoms in total. The van der Waals surface area contributed by atoms with E-state index in [0.29, 0.717) is 17.9 Å². The number of carboxylic acids is 1. The molecule has 2 atom stereocenters. The minimum absolute atomic E-state index is 0.471. The van der Waals surface area contributed by atoms with Crippen molar-refractivity contribution in [2.75, 3.05) is 0 Å². The van der Waals surface area contributed by atoms with Crippen LogP contribution in [0.3, 0.4) is 0 Å². The molecule has 2 N–H and O–H groups in total. The van der Waals surface area contributed by atoms with Crippen LogP contribution in [0.1, 0.15) is 46.0 Å². The maximum Gasteiger partial charge on any atom is 0.323 e. The number of hydrogen-bond acceptors (Lipinski definition) is 2. The van der Waals surface area contributed by atoms with E-state index in [1.807, 2.05) is 0 Å². The Morgan fingerprint density at radius 1 is 1.27 bits per heavy atom. The fourth-order valence-corrected chi connectivity index (χ4v) is 3.10. The Morgan fingerprint density at radius 2 is 1.80 bits per heavy atom.